The molecule has 158 valence electrons. The second-order valence-electron chi connectivity index (χ2n) is 7.12. The van der Waals surface area contributed by atoms with Crippen molar-refractivity contribution in [2.75, 3.05) is 31.8 Å². The predicted molar refractivity (Wildman–Crippen MR) is 116 cm³/mol. The van der Waals surface area contributed by atoms with Crippen LogP contribution in [-0.2, 0) is 4.79 Å². The summed E-state index contributed by atoms with van der Waals surface area (Å²) < 4.78 is 32.9. The van der Waals surface area contributed by atoms with Crippen LogP contribution in [0.25, 0.3) is 10.9 Å². The predicted octanol–water partition coefficient (Wildman–Crippen LogP) is 2.47. The van der Waals surface area contributed by atoms with Crippen LogP contribution in [0, 0.1) is 23.7 Å². The SMILES string of the molecule is [2H]C([2H])([2H])Nc1ncc(C#Cc2cc(OC)c(OC)cn2)c2cc(NC(=O)[C@H]3C[C@H]3C)nnc12. The standard InChI is InChI=1S/C22H22N6O3/c1-12-7-15(12)22(29)26-19-9-16-13(10-25-21(23-2)20(16)28-27-19)5-6-14-8-17(30-3)18(31-4)11-24-14/h8-12,15H,7H2,1-4H3,(H,23,25)(H,26,27,29)/t12-,15+/m1/s1/i2D3. The minimum atomic E-state index is -2.48. The van der Waals surface area contributed by atoms with Crippen molar-refractivity contribution in [2.24, 2.45) is 11.8 Å². The summed E-state index contributed by atoms with van der Waals surface area (Å²) >= 11 is 0. The number of rotatable bonds is 5. The Labute approximate surface area is 183 Å². The topological polar surface area (TPSA) is 111 Å². The molecule has 4 rings (SSSR count). The van der Waals surface area contributed by atoms with Gasteiger partial charge in [0.15, 0.2) is 23.1 Å². The molecular weight excluding hydrogens is 396 g/mol. The minimum Gasteiger partial charge on any atom is -0.493 e. The number of fused-ring (bicyclic) bond motifs is 1. The smallest absolute Gasteiger partial charge is 0.228 e. The highest BCUT2D eigenvalue weighted by Gasteiger charge is 2.39. The van der Waals surface area contributed by atoms with Gasteiger partial charge in [0.05, 0.1) is 26.0 Å². The van der Waals surface area contributed by atoms with Gasteiger partial charge in [0.25, 0.3) is 0 Å². The summed E-state index contributed by atoms with van der Waals surface area (Å²) in [5, 5.41) is 13.8. The largest absolute Gasteiger partial charge is 0.493 e. The Kier molecular flexibility index (Phi) is 4.58. The van der Waals surface area contributed by atoms with Gasteiger partial charge in [0.1, 0.15) is 11.2 Å². The number of anilines is 2. The molecule has 1 saturated carbocycles. The van der Waals surface area contributed by atoms with Crippen molar-refractivity contribution in [2.45, 2.75) is 13.3 Å². The second kappa shape index (κ2) is 8.44. The maximum Gasteiger partial charge on any atom is 0.228 e. The lowest BCUT2D eigenvalue weighted by atomic mass is 10.1. The molecule has 0 aliphatic heterocycles. The molecule has 0 saturated heterocycles. The molecule has 2 N–H and O–H groups in total. The molecule has 1 fully saturated rings. The maximum atomic E-state index is 12.3. The average molecular weight is 421 g/mol. The van der Waals surface area contributed by atoms with Crippen LogP contribution in [0.4, 0.5) is 11.6 Å². The van der Waals surface area contributed by atoms with Crippen LogP contribution in [0.1, 0.15) is 28.7 Å². The summed E-state index contributed by atoms with van der Waals surface area (Å²) in [5.41, 5.74) is 1.09. The van der Waals surface area contributed by atoms with Gasteiger partial charge in [-0.15, -0.1) is 10.2 Å². The molecule has 0 radical (unpaired) electrons. The molecule has 2 atom stereocenters. The second-order valence-corrected chi connectivity index (χ2v) is 7.12. The van der Waals surface area contributed by atoms with Crippen molar-refractivity contribution < 1.29 is 18.4 Å². The van der Waals surface area contributed by atoms with Crippen LogP contribution < -0.4 is 20.1 Å². The molecule has 1 aliphatic carbocycles. The van der Waals surface area contributed by atoms with E-state index in [0.717, 1.165) is 6.42 Å². The Bertz CT molecular complexity index is 1320. The van der Waals surface area contributed by atoms with Crippen molar-refractivity contribution in [1.82, 2.24) is 20.2 Å². The number of hydrogen-bond donors (Lipinski definition) is 2. The summed E-state index contributed by atoms with van der Waals surface area (Å²) in [7, 11) is 3.03. The first-order chi connectivity index (χ1) is 16.2. The highest BCUT2D eigenvalue weighted by Crippen LogP contribution is 2.38. The summed E-state index contributed by atoms with van der Waals surface area (Å²) in [6.07, 6.45) is 3.76. The van der Waals surface area contributed by atoms with Crippen molar-refractivity contribution >= 4 is 28.4 Å². The number of ether oxygens (including phenoxy) is 2. The number of methoxy groups -OCH3 is 2. The molecule has 3 aromatic heterocycles. The Hall–Kier alpha value is -3.93. The molecule has 0 unspecified atom stereocenters. The van der Waals surface area contributed by atoms with E-state index in [4.69, 9.17) is 13.6 Å². The van der Waals surface area contributed by atoms with E-state index in [2.05, 4.69) is 42.6 Å². The third kappa shape index (κ3) is 4.19. The summed E-state index contributed by atoms with van der Waals surface area (Å²) in [6, 6.07) is 3.24. The van der Waals surface area contributed by atoms with Crippen molar-refractivity contribution in [3.8, 4) is 23.3 Å². The number of nitrogens with one attached hydrogen (secondary N) is 2. The average Bonchev–Trinajstić information content (AvgIpc) is 3.54. The lowest BCUT2D eigenvalue weighted by Gasteiger charge is -2.08. The molecular formula is C22H22N6O3. The van der Waals surface area contributed by atoms with Gasteiger partial charge in [-0.2, -0.15) is 0 Å². The number of carbonyl (C=O) groups is 1. The quantitative estimate of drug-likeness (QED) is 0.605. The first-order valence-electron chi connectivity index (χ1n) is 11.0. The Morgan fingerprint density at radius 3 is 2.68 bits per heavy atom. The molecule has 0 aromatic carbocycles. The van der Waals surface area contributed by atoms with Gasteiger partial charge in [-0.3, -0.25) is 4.79 Å². The molecule has 1 aliphatic rings. The Balaban J connectivity index is 1.75. The summed E-state index contributed by atoms with van der Waals surface area (Å²) in [5.74, 6) is 7.32. The van der Waals surface area contributed by atoms with E-state index in [1.165, 1.54) is 26.6 Å². The van der Waals surface area contributed by atoms with Crippen LogP contribution in [-0.4, -0.2) is 47.3 Å². The number of carbonyl (C=O) groups excluding carboxylic acids is 1. The zero-order valence-corrected chi connectivity index (χ0v) is 17.2. The normalized spacial score (nSPS) is 18.6. The van der Waals surface area contributed by atoms with Crippen LogP contribution in [0.15, 0.2) is 24.5 Å². The van der Waals surface area contributed by atoms with Crippen LogP contribution in [0.2, 0.25) is 0 Å². The van der Waals surface area contributed by atoms with Gasteiger partial charge in [0, 0.05) is 34.7 Å². The first kappa shape index (κ1) is 16.8. The monoisotopic (exact) mass is 421 g/mol. The maximum absolute atomic E-state index is 12.3. The van der Waals surface area contributed by atoms with Crippen molar-refractivity contribution in [1.29, 1.82) is 0 Å². The van der Waals surface area contributed by atoms with Crippen LogP contribution in [0.3, 0.4) is 0 Å². The van der Waals surface area contributed by atoms with Gasteiger partial charge in [-0.25, -0.2) is 9.97 Å². The van der Waals surface area contributed by atoms with E-state index in [9.17, 15) is 4.79 Å². The lowest BCUT2D eigenvalue weighted by molar-refractivity contribution is -0.117. The molecule has 0 bridgehead atoms. The highest BCUT2D eigenvalue weighted by molar-refractivity contribution is 5.97. The first-order valence-corrected chi connectivity index (χ1v) is 9.54. The van der Waals surface area contributed by atoms with Gasteiger partial charge in [-0.1, -0.05) is 12.8 Å². The highest BCUT2D eigenvalue weighted by atomic mass is 16.5. The minimum absolute atomic E-state index is 0.0333. The van der Waals surface area contributed by atoms with Crippen LogP contribution in [0.5, 0.6) is 11.5 Å². The van der Waals surface area contributed by atoms with Crippen molar-refractivity contribution in [3.63, 3.8) is 0 Å². The fraction of sp³-hybridized carbons (Fsp3) is 0.318. The molecule has 9 nitrogen and oxygen atoms in total. The zero-order valence-electron chi connectivity index (χ0n) is 20.2. The fourth-order valence-electron chi connectivity index (χ4n) is 3.13. The van der Waals surface area contributed by atoms with E-state index >= 15 is 0 Å². The van der Waals surface area contributed by atoms with Gasteiger partial charge in [-0.05, 0) is 24.3 Å². The molecule has 31 heavy (non-hydrogen) atoms. The van der Waals surface area contributed by atoms with E-state index in [1.54, 1.807) is 12.1 Å². The number of aromatic nitrogens is 4. The molecule has 1 amide bonds. The third-order valence-corrected chi connectivity index (χ3v) is 5.04. The number of hydrogen-bond acceptors (Lipinski definition) is 8. The fourth-order valence-corrected chi connectivity index (χ4v) is 3.13. The summed E-state index contributed by atoms with van der Waals surface area (Å²) in [6.45, 7) is -0.474. The zero-order chi connectivity index (χ0) is 24.5. The number of amides is 1. The van der Waals surface area contributed by atoms with Gasteiger partial charge >= 0.3 is 0 Å². The number of nitrogens with zero attached hydrogens (tertiary/aromatic N) is 4. The molecule has 0 spiro atoms. The molecule has 3 aromatic rings. The summed E-state index contributed by atoms with van der Waals surface area (Å²) in [4.78, 5) is 20.8. The Morgan fingerprint density at radius 1 is 1.16 bits per heavy atom. The number of pyridine rings is 2. The van der Waals surface area contributed by atoms with E-state index in [-0.39, 0.29) is 29.0 Å². The van der Waals surface area contributed by atoms with E-state index in [1.807, 2.05) is 6.92 Å². The van der Waals surface area contributed by atoms with Crippen molar-refractivity contribution in [3.05, 3.63) is 35.8 Å². The van der Waals surface area contributed by atoms with Gasteiger partial charge < -0.3 is 20.1 Å². The third-order valence-electron chi connectivity index (χ3n) is 5.04. The van der Waals surface area contributed by atoms with Crippen LogP contribution >= 0.6 is 0 Å². The molecule has 3 heterocycles. The lowest BCUT2D eigenvalue weighted by Crippen LogP contribution is -2.16. The molecule has 9 heteroatoms. The Morgan fingerprint density at radius 2 is 1.97 bits per heavy atom. The van der Waals surface area contributed by atoms with Gasteiger partial charge in [0.2, 0.25) is 5.91 Å². The van der Waals surface area contributed by atoms with E-state index < -0.39 is 6.98 Å². The van der Waals surface area contributed by atoms with E-state index in [0.29, 0.717) is 34.1 Å².